The lowest BCUT2D eigenvalue weighted by molar-refractivity contribution is 0.0203. The molecule has 0 atom stereocenters. The Hall–Kier alpha value is -1.86. The van der Waals surface area contributed by atoms with Crippen molar-refractivity contribution in [1.82, 2.24) is 10.6 Å². The average molecular weight is 423 g/mol. The first kappa shape index (κ1) is 24.4. The number of nitrogens with zero attached hydrogens (tertiary/aromatic N) is 2. The molecule has 0 saturated carbocycles. The summed E-state index contributed by atoms with van der Waals surface area (Å²) in [5.74, 6) is 1.19. The van der Waals surface area contributed by atoms with E-state index in [2.05, 4.69) is 15.6 Å². The summed E-state index contributed by atoms with van der Waals surface area (Å²) >= 11 is 0. The molecule has 170 valence electrons. The molecule has 30 heavy (non-hydrogen) atoms. The van der Waals surface area contributed by atoms with Crippen molar-refractivity contribution in [1.29, 1.82) is 0 Å². The highest BCUT2D eigenvalue weighted by atomic mass is 19.1. The van der Waals surface area contributed by atoms with Gasteiger partial charge >= 0.3 is 0 Å². The van der Waals surface area contributed by atoms with Crippen LogP contribution in [0.1, 0.15) is 45.6 Å². The van der Waals surface area contributed by atoms with Crippen LogP contribution in [0.2, 0.25) is 0 Å². The van der Waals surface area contributed by atoms with Gasteiger partial charge in [-0.25, -0.2) is 9.38 Å². The van der Waals surface area contributed by atoms with Crippen LogP contribution in [0.4, 0.5) is 10.1 Å². The number of halogens is 1. The van der Waals surface area contributed by atoms with Crippen LogP contribution in [0.15, 0.2) is 23.2 Å². The maximum atomic E-state index is 14.5. The highest BCUT2D eigenvalue weighted by molar-refractivity contribution is 5.79. The third-order valence-corrected chi connectivity index (χ3v) is 5.33. The van der Waals surface area contributed by atoms with E-state index < -0.39 is 0 Å². The van der Waals surface area contributed by atoms with Gasteiger partial charge in [0, 0.05) is 52.6 Å². The molecule has 0 radical (unpaired) electrons. The van der Waals surface area contributed by atoms with Gasteiger partial charge in [0.25, 0.3) is 0 Å². The molecule has 0 unspecified atom stereocenters. The van der Waals surface area contributed by atoms with Crippen molar-refractivity contribution < 1.29 is 13.9 Å². The molecule has 1 heterocycles. The Kier molecular flexibility index (Phi) is 11.6. The molecule has 2 rings (SSSR count). The van der Waals surface area contributed by atoms with Crippen LogP contribution in [-0.2, 0) is 16.0 Å². The molecule has 1 aromatic rings. The fraction of sp³-hybridized carbons (Fsp3) is 0.696. The van der Waals surface area contributed by atoms with Crippen LogP contribution in [0.5, 0.6) is 0 Å². The molecule has 2 N–H and O–H groups in total. The topological polar surface area (TPSA) is 58.1 Å². The van der Waals surface area contributed by atoms with Gasteiger partial charge < -0.3 is 25.0 Å². The van der Waals surface area contributed by atoms with Crippen LogP contribution >= 0.6 is 0 Å². The monoisotopic (exact) mass is 422 g/mol. The number of ether oxygens (including phenoxy) is 2. The molecule has 1 aliphatic rings. The number of nitrogens with one attached hydrogen (secondary N) is 2. The highest BCUT2D eigenvalue weighted by Crippen LogP contribution is 2.20. The van der Waals surface area contributed by atoms with E-state index in [1.165, 1.54) is 0 Å². The van der Waals surface area contributed by atoms with Gasteiger partial charge in [0.05, 0.1) is 12.2 Å². The van der Waals surface area contributed by atoms with Crippen molar-refractivity contribution in [3.63, 3.8) is 0 Å². The second-order valence-corrected chi connectivity index (χ2v) is 7.56. The number of hydrogen-bond donors (Lipinski definition) is 2. The Labute approximate surface area is 181 Å². The molecular formula is C23H39FN4O2. The van der Waals surface area contributed by atoms with Gasteiger partial charge in [-0.2, -0.15) is 0 Å². The van der Waals surface area contributed by atoms with Gasteiger partial charge in [0.2, 0.25) is 0 Å². The molecule has 6 nitrogen and oxygen atoms in total. The Balaban J connectivity index is 1.74. The summed E-state index contributed by atoms with van der Waals surface area (Å²) in [7, 11) is 0. The first-order chi connectivity index (χ1) is 14.7. The highest BCUT2D eigenvalue weighted by Gasteiger charge is 2.13. The first-order valence-corrected chi connectivity index (χ1v) is 11.4. The van der Waals surface area contributed by atoms with Gasteiger partial charge in [-0.1, -0.05) is 6.07 Å². The number of rotatable bonds is 12. The second kappa shape index (κ2) is 14.2. The van der Waals surface area contributed by atoms with E-state index in [1.807, 2.05) is 37.8 Å². The fourth-order valence-electron chi connectivity index (χ4n) is 3.53. The van der Waals surface area contributed by atoms with Crippen LogP contribution in [0.3, 0.4) is 0 Å². The molecule has 0 aromatic heterocycles. The summed E-state index contributed by atoms with van der Waals surface area (Å²) in [5.41, 5.74) is 1.51. The van der Waals surface area contributed by atoms with Gasteiger partial charge in [-0.3, -0.25) is 0 Å². The lowest BCUT2D eigenvalue weighted by Gasteiger charge is -2.22. The van der Waals surface area contributed by atoms with Crippen molar-refractivity contribution in [3.8, 4) is 0 Å². The summed E-state index contributed by atoms with van der Waals surface area (Å²) in [6, 6.07) is 5.39. The van der Waals surface area contributed by atoms with Crippen molar-refractivity contribution >= 4 is 11.6 Å². The van der Waals surface area contributed by atoms with E-state index in [9.17, 15) is 4.39 Å². The van der Waals surface area contributed by atoms with E-state index in [1.54, 1.807) is 6.07 Å². The van der Waals surface area contributed by atoms with E-state index in [4.69, 9.17) is 9.47 Å². The Morgan fingerprint density at radius 3 is 2.63 bits per heavy atom. The number of benzene rings is 1. The Bertz CT molecular complexity index is 632. The zero-order valence-corrected chi connectivity index (χ0v) is 18.9. The van der Waals surface area contributed by atoms with Gasteiger partial charge in [-0.15, -0.1) is 0 Å². The average Bonchev–Trinajstić information content (AvgIpc) is 2.77. The number of anilines is 1. The zero-order chi connectivity index (χ0) is 21.6. The van der Waals surface area contributed by atoms with Crippen LogP contribution in [0, 0.1) is 11.7 Å². The van der Waals surface area contributed by atoms with E-state index in [0.717, 1.165) is 83.4 Å². The van der Waals surface area contributed by atoms with E-state index in [0.29, 0.717) is 18.2 Å². The summed E-state index contributed by atoms with van der Waals surface area (Å²) in [4.78, 5) is 6.60. The molecular weight excluding hydrogens is 383 g/mol. The summed E-state index contributed by atoms with van der Waals surface area (Å²) in [6.45, 7) is 13.0. The second-order valence-electron chi connectivity index (χ2n) is 7.56. The summed E-state index contributed by atoms with van der Waals surface area (Å²) < 4.78 is 25.6. The summed E-state index contributed by atoms with van der Waals surface area (Å²) in [5, 5.41) is 6.57. The third-order valence-electron chi connectivity index (χ3n) is 5.33. The molecule has 1 aromatic carbocycles. The van der Waals surface area contributed by atoms with Gasteiger partial charge in [0.15, 0.2) is 5.96 Å². The minimum atomic E-state index is -0.189. The lowest BCUT2D eigenvalue weighted by Crippen LogP contribution is -2.38. The van der Waals surface area contributed by atoms with E-state index >= 15 is 0 Å². The van der Waals surface area contributed by atoms with E-state index in [-0.39, 0.29) is 5.82 Å². The fourth-order valence-corrected chi connectivity index (χ4v) is 3.53. The van der Waals surface area contributed by atoms with Crippen molar-refractivity contribution in [3.05, 3.63) is 29.6 Å². The predicted molar refractivity (Wildman–Crippen MR) is 122 cm³/mol. The Morgan fingerprint density at radius 1 is 1.20 bits per heavy atom. The SMILES string of the molecule is CCNC(=NCc1ccc(N(CC)CC)c(F)c1)NCCCOCC1CCOCC1. The molecule has 1 fully saturated rings. The molecule has 0 bridgehead atoms. The summed E-state index contributed by atoms with van der Waals surface area (Å²) in [6.07, 6.45) is 3.12. The number of guanidine groups is 1. The van der Waals surface area contributed by atoms with Crippen molar-refractivity contribution in [2.45, 2.75) is 46.6 Å². The van der Waals surface area contributed by atoms with Crippen molar-refractivity contribution in [2.24, 2.45) is 10.9 Å². The zero-order valence-electron chi connectivity index (χ0n) is 18.9. The quantitative estimate of drug-likeness (QED) is 0.306. The molecule has 0 aliphatic carbocycles. The normalized spacial score (nSPS) is 15.3. The molecule has 1 aliphatic heterocycles. The Morgan fingerprint density at radius 2 is 1.97 bits per heavy atom. The van der Waals surface area contributed by atoms with Crippen LogP contribution in [0.25, 0.3) is 0 Å². The van der Waals surface area contributed by atoms with Crippen LogP contribution < -0.4 is 15.5 Å². The number of aliphatic imine (C=N–C) groups is 1. The maximum absolute atomic E-state index is 14.5. The third kappa shape index (κ3) is 8.48. The van der Waals surface area contributed by atoms with Gasteiger partial charge in [-0.05, 0) is 63.6 Å². The number of hydrogen-bond acceptors (Lipinski definition) is 4. The standard InChI is InChI=1S/C23H39FN4O2/c1-4-25-23(26-12-7-13-30-18-19-10-14-29-15-11-19)27-17-20-8-9-22(21(24)16-20)28(5-2)6-3/h8-9,16,19H,4-7,10-15,17-18H2,1-3H3,(H2,25,26,27). The first-order valence-electron chi connectivity index (χ1n) is 11.4. The van der Waals surface area contributed by atoms with Crippen molar-refractivity contribution in [2.75, 3.05) is 57.5 Å². The predicted octanol–water partition coefficient (Wildman–Crippen LogP) is 3.56. The smallest absolute Gasteiger partial charge is 0.191 e. The molecule has 1 saturated heterocycles. The molecule has 0 spiro atoms. The molecule has 7 heteroatoms. The van der Waals surface area contributed by atoms with Gasteiger partial charge in [0.1, 0.15) is 5.82 Å². The largest absolute Gasteiger partial charge is 0.381 e. The minimum Gasteiger partial charge on any atom is -0.381 e. The lowest BCUT2D eigenvalue weighted by atomic mass is 10.0. The minimum absolute atomic E-state index is 0.189. The van der Waals surface area contributed by atoms with Crippen LogP contribution in [-0.4, -0.2) is 58.6 Å². The maximum Gasteiger partial charge on any atom is 0.191 e. The molecule has 0 amide bonds.